The Morgan fingerprint density at radius 2 is 1.86 bits per heavy atom. The molecule has 0 bridgehead atoms. The number of nitrogen functional groups attached to an aromatic ring is 1. The van der Waals surface area contributed by atoms with Crippen LogP contribution < -0.4 is 11.1 Å². The second-order valence-electron chi connectivity index (χ2n) is 7.83. The maximum Gasteiger partial charge on any atom is 0.138 e. The Morgan fingerprint density at radius 3 is 2.61 bits per heavy atom. The van der Waals surface area contributed by atoms with E-state index in [-0.39, 0.29) is 6.04 Å². The van der Waals surface area contributed by atoms with Crippen LogP contribution in [0.25, 0.3) is 10.9 Å². The number of fused-ring (bicyclic) bond motifs is 1. The van der Waals surface area contributed by atoms with Crippen molar-refractivity contribution in [1.29, 1.82) is 0 Å². The maximum atomic E-state index is 6.05. The number of aryl methyl sites for hydroxylation is 2. The molecule has 2 aromatic carbocycles. The van der Waals surface area contributed by atoms with Crippen molar-refractivity contribution in [2.24, 2.45) is 0 Å². The number of anilines is 2. The molecule has 3 N–H and O–H groups in total. The highest BCUT2D eigenvalue weighted by atomic mass is 32.2. The molecule has 1 saturated heterocycles. The normalized spacial score (nSPS) is 16.2. The lowest BCUT2D eigenvalue weighted by atomic mass is 9.92. The molecule has 0 unspecified atom stereocenters. The molecule has 1 fully saturated rings. The molecule has 0 saturated carbocycles. The fourth-order valence-electron chi connectivity index (χ4n) is 4.04. The number of hydrogen-bond acceptors (Lipinski definition) is 5. The monoisotopic (exact) mass is 392 g/mol. The van der Waals surface area contributed by atoms with Gasteiger partial charge in [0.15, 0.2) is 0 Å². The van der Waals surface area contributed by atoms with Gasteiger partial charge in [-0.2, -0.15) is 11.8 Å². The summed E-state index contributed by atoms with van der Waals surface area (Å²) in [4.78, 5) is 9.40. The van der Waals surface area contributed by atoms with Crippen LogP contribution in [0.4, 0.5) is 11.5 Å². The number of thioether (sulfide) groups is 1. The summed E-state index contributed by atoms with van der Waals surface area (Å²) >= 11 is 2.06. The average molecular weight is 393 g/mol. The molecule has 0 spiro atoms. The third-order valence-corrected chi connectivity index (χ3v) is 6.55. The van der Waals surface area contributed by atoms with E-state index in [2.05, 4.69) is 60.2 Å². The smallest absolute Gasteiger partial charge is 0.138 e. The van der Waals surface area contributed by atoms with Crippen LogP contribution in [0.5, 0.6) is 0 Å². The summed E-state index contributed by atoms with van der Waals surface area (Å²) in [6.45, 7) is 6.18. The molecule has 0 amide bonds. The highest BCUT2D eigenvalue weighted by Crippen LogP contribution is 2.34. The Hall–Kier alpha value is -2.27. The van der Waals surface area contributed by atoms with Crippen molar-refractivity contribution in [3.63, 3.8) is 0 Å². The number of nitrogens with zero attached hydrogens (tertiary/aromatic N) is 2. The van der Waals surface area contributed by atoms with E-state index in [4.69, 9.17) is 10.7 Å². The summed E-state index contributed by atoms with van der Waals surface area (Å²) in [5, 5.41) is 4.72. The fourth-order valence-corrected chi connectivity index (χ4v) is 5.15. The van der Waals surface area contributed by atoms with Gasteiger partial charge in [-0.25, -0.2) is 9.97 Å². The van der Waals surface area contributed by atoms with E-state index in [1.807, 2.05) is 19.1 Å². The average Bonchev–Trinajstić information content (AvgIpc) is 2.67. The van der Waals surface area contributed by atoms with Crippen LogP contribution in [0, 0.1) is 13.8 Å². The molecular weight excluding hydrogens is 364 g/mol. The first-order valence-corrected chi connectivity index (χ1v) is 11.1. The van der Waals surface area contributed by atoms with Crippen LogP contribution in [-0.2, 0) is 0 Å². The summed E-state index contributed by atoms with van der Waals surface area (Å²) in [5.74, 6) is 4.84. The molecule has 1 aliphatic rings. The van der Waals surface area contributed by atoms with E-state index in [1.165, 1.54) is 41.0 Å². The fraction of sp³-hybridized carbons (Fsp3) is 0.391. The molecule has 3 aromatic rings. The molecule has 1 aromatic heterocycles. The van der Waals surface area contributed by atoms with E-state index in [0.717, 1.165) is 28.2 Å². The standard InChI is InChI=1S/C23H28N4S/c1-14-10-19(12-20(24)11-14)15(2)25-23-21-13-18(17-6-8-28-9-7-17)4-5-22(21)26-16(3)27-23/h4-5,10-13,15,17H,6-9,24H2,1-3H3,(H,25,26,27)/t15-/m0/s1. The summed E-state index contributed by atoms with van der Waals surface area (Å²) in [5.41, 5.74) is 11.6. The van der Waals surface area contributed by atoms with Crippen molar-refractivity contribution < 1.29 is 0 Å². The topological polar surface area (TPSA) is 63.8 Å². The summed E-state index contributed by atoms with van der Waals surface area (Å²) in [6.07, 6.45) is 2.51. The maximum absolute atomic E-state index is 6.05. The van der Waals surface area contributed by atoms with Gasteiger partial charge in [-0.3, -0.25) is 0 Å². The molecule has 146 valence electrons. The Kier molecular flexibility index (Phi) is 5.44. The minimum absolute atomic E-state index is 0.106. The van der Waals surface area contributed by atoms with Gasteiger partial charge in [-0.05, 0) is 92.0 Å². The van der Waals surface area contributed by atoms with Gasteiger partial charge in [-0.15, -0.1) is 0 Å². The Balaban J connectivity index is 1.70. The zero-order valence-electron chi connectivity index (χ0n) is 16.8. The predicted molar refractivity (Wildman–Crippen MR) is 121 cm³/mol. The van der Waals surface area contributed by atoms with Gasteiger partial charge < -0.3 is 11.1 Å². The largest absolute Gasteiger partial charge is 0.399 e. The number of rotatable bonds is 4. The van der Waals surface area contributed by atoms with Gasteiger partial charge in [0.2, 0.25) is 0 Å². The van der Waals surface area contributed by atoms with Crippen LogP contribution in [0.1, 0.15) is 54.2 Å². The predicted octanol–water partition coefficient (Wildman–Crippen LogP) is 5.61. The minimum atomic E-state index is 0.106. The lowest BCUT2D eigenvalue weighted by Gasteiger charge is -2.23. The Morgan fingerprint density at radius 1 is 1.07 bits per heavy atom. The van der Waals surface area contributed by atoms with Crippen molar-refractivity contribution in [2.75, 3.05) is 22.6 Å². The van der Waals surface area contributed by atoms with E-state index in [9.17, 15) is 0 Å². The number of hydrogen-bond donors (Lipinski definition) is 2. The molecule has 4 nitrogen and oxygen atoms in total. The SMILES string of the molecule is Cc1cc(N)cc([C@H](C)Nc2nc(C)nc3ccc(C4CCSCC4)cc23)c1. The molecule has 0 radical (unpaired) electrons. The van der Waals surface area contributed by atoms with Crippen molar-refractivity contribution in [3.05, 3.63) is 58.9 Å². The van der Waals surface area contributed by atoms with E-state index >= 15 is 0 Å². The molecule has 1 atom stereocenters. The second kappa shape index (κ2) is 8.00. The highest BCUT2D eigenvalue weighted by Gasteiger charge is 2.18. The quantitative estimate of drug-likeness (QED) is 0.565. The molecular formula is C23H28N4S. The van der Waals surface area contributed by atoms with Gasteiger partial charge in [-0.1, -0.05) is 12.1 Å². The molecule has 0 aliphatic carbocycles. The van der Waals surface area contributed by atoms with Gasteiger partial charge >= 0.3 is 0 Å². The van der Waals surface area contributed by atoms with Gasteiger partial charge in [0.1, 0.15) is 11.6 Å². The first kappa shape index (κ1) is 19.1. The van der Waals surface area contributed by atoms with E-state index < -0.39 is 0 Å². The zero-order chi connectivity index (χ0) is 19.7. The van der Waals surface area contributed by atoms with Gasteiger partial charge in [0.05, 0.1) is 11.6 Å². The van der Waals surface area contributed by atoms with Gasteiger partial charge in [0.25, 0.3) is 0 Å². The second-order valence-corrected chi connectivity index (χ2v) is 9.05. The van der Waals surface area contributed by atoms with Crippen LogP contribution in [0.15, 0.2) is 36.4 Å². The first-order chi connectivity index (χ1) is 13.5. The van der Waals surface area contributed by atoms with E-state index in [1.54, 1.807) is 0 Å². The Bertz CT molecular complexity index is 975. The summed E-state index contributed by atoms with van der Waals surface area (Å²) in [6, 6.07) is 13.0. The van der Waals surface area contributed by atoms with Crippen LogP contribution in [0.2, 0.25) is 0 Å². The number of nitrogens with two attached hydrogens (primary N) is 1. The van der Waals surface area contributed by atoms with Crippen molar-refractivity contribution in [1.82, 2.24) is 9.97 Å². The first-order valence-electron chi connectivity index (χ1n) is 9.99. The van der Waals surface area contributed by atoms with E-state index in [0.29, 0.717) is 5.92 Å². The molecule has 5 heteroatoms. The molecule has 28 heavy (non-hydrogen) atoms. The summed E-state index contributed by atoms with van der Waals surface area (Å²) < 4.78 is 0. The third-order valence-electron chi connectivity index (χ3n) is 5.50. The van der Waals surface area contributed by atoms with Crippen molar-refractivity contribution >= 4 is 34.2 Å². The lowest BCUT2D eigenvalue weighted by molar-refractivity contribution is 0.638. The van der Waals surface area contributed by atoms with Crippen molar-refractivity contribution in [3.8, 4) is 0 Å². The zero-order valence-corrected chi connectivity index (χ0v) is 17.6. The van der Waals surface area contributed by atoms with Gasteiger partial charge in [0, 0.05) is 11.1 Å². The lowest BCUT2D eigenvalue weighted by Crippen LogP contribution is -2.11. The number of benzene rings is 2. The molecule has 1 aliphatic heterocycles. The number of nitrogens with one attached hydrogen (secondary N) is 1. The summed E-state index contributed by atoms with van der Waals surface area (Å²) in [7, 11) is 0. The number of aromatic nitrogens is 2. The minimum Gasteiger partial charge on any atom is -0.399 e. The van der Waals surface area contributed by atoms with Crippen LogP contribution >= 0.6 is 11.8 Å². The third kappa shape index (κ3) is 4.09. The van der Waals surface area contributed by atoms with Crippen LogP contribution in [0.3, 0.4) is 0 Å². The Labute approximate surface area is 171 Å². The highest BCUT2D eigenvalue weighted by molar-refractivity contribution is 7.99. The van der Waals surface area contributed by atoms with Crippen molar-refractivity contribution in [2.45, 2.75) is 45.6 Å². The van der Waals surface area contributed by atoms with Crippen LogP contribution in [-0.4, -0.2) is 21.5 Å². The molecule has 2 heterocycles. The molecule has 4 rings (SSSR count).